The van der Waals surface area contributed by atoms with E-state index in [4.69, 9.17) is 4.74 Å². The van der Waals surface area contributed by atoms with Crippen molar-refractivity contribution in [1.82, 2.24) is 9.88 Å². The maximum atomic E-state index is 12.4. The van der Waals surface area contributed by atoms with E-state index in [9.17, 15) is 20.1 Å². The summed E-state index contributed by atoms with van der Waals surface area (Å²) < 4.78 is 5.34. The molecule has 2 heterocycles. The van der Waals surface area contributed by atoms with Gasteiger partial charge in [0.15, 0.2) is 0 Å². The average Bonchev–Trinajstić information content (AvgIpc) is 2.92. The molecule has 0 spiro atoms. The lowest BCUT2D eigenvalue weighted by Crippen LogP contribution is -2.44. The van der Waals surface area contributed by atoms with Gasteiger partial charge < -0.3 is 25.0 Å². The van der Waals surface area contributed by atoms with Gasteiger partial charge in [0, 0.05) is 17.1 Å². The lowest BCUT2D eigenvalue weighted by atomic mass is 9.73. The highest BCUT2D eigenvalue weighted by atomic mass is 16.5. The number of fused-ring (bicyclic) bond motifs is 1. The van der Waals surface area contributed by atoms with Gasteiger partial charge in [0.2, 0.25) is 0 Å². The number of carbonyl (C=O) groups is 1. The average molecular weight is 493 g/mol. The van der Waals surface area contributed by atoms with Crippen molar-refractivity contribution in [3.63, 3.8) is 0 Å². The van der Waals surface area contributed by atoms with Crippen molar-refractivity contribution in [3.8, 4) is 5.75 Å². The third kappa shape index (κ3) is 5.86. The van der Waals surface area contributed by atoms with Crippen LogP contribution in [0.15, 0.2) is 54.7 Å². The highest BCUT2D eigenvalue weighted by Gasteiger charge is 2.41. The molecule has 7 nitrogen and oxygen atoms in total. The second-order valence-electron chi connectivity index (χ2n) is 9.81. The summed E-state index contributed by atoms with van der Waals surface area (Å²) in [5.74, 6) is -0.156. The SMILES string of the molecule is COc1ccc2ncc(CO)c([C@@H](O)CCC3(C(=O)O)CCN(CCCc4ccccc4)CC3)c2c1. The standard InChI is InChI=1S/C29H36N2O5/c1-36-23-9-10-25-24(18-23)27(22(20-32)19-30-25)26(33)11-12-29(28(34)35)13-16-31(17-14-29)15-5-8-21-6-3-2-4-7-21/h2-4,6-7,9-10,18-19,26,32-33H,5,8,11-17,20H2,1H3,(H,34,35)/t26-/m0/s1. The molecule has 3 aromatic rings. The van der Waals surface area contributed by atoms with Crippen LogP contribution >= 0.6 is 0 Å². The Kier molecular flexibility index (Phi) is 8.56. The van der Waals surface area contributed by atoms with Crippen molar-refractivity contribution in [1.29, 1.82) is 0 Å². The summed E-state index contributed by atoms with van der Waals surface area (Å²) >= 11 is 0. The molecule has 1 aliphatic rings. The summed E-state index contributed by atoms with van der Waals surface area (Å²) in [5.41, 5.74) is 2.31. The van der Waals surface area contributed by atoms with Crippen molar-refractivity contribution in [2.75, 3.05) is 26.7 Å². The second-order valence-corrected chi connectivity index (χ2v) is 9.81. The molecule has 2 aromatic carbocycles. The topological polar surface area (TPSA) is 103 Å². The van der Waals surface area contributed by atoms with Gasteiger partial charge in [0.25, 0.3) is 0 Å². The summed E-state index contributed by atoms with van der Waals surface area (Å²) in [4.78, 5) is 19.1. The largest absolute Gasteiger partial charge is 0.497 e. The molecule has 3 N–H and O–H groups in total. The Labute approximate surface area is 212 Å². The van der Waals surface area contributed by atoms with Crippen molar-refractivity contribution in [2.45, 2.75) is 51.2 Å². The van der Waals surface area contributed by atoms with Crippen LogP contribution in [0.5, 0.6) is 5.75 Å². The second kappa shape index (κ2) is 11.8. The fraction of sp³-hybridized carbons (Fsp3) is 0.448. The fourth-order valence-corrected chi connectivity index (χ4v) is 5.36. The number of piperidine rings is 1. The molecular weight excluding hydrogens is 456 g/mol. The van der Waals surface area contributed by atoms with E-state index in [1.54, 1.807) is 25.4 Å². The number of aryl methyl sites for hydroxylation is 1. The summed E-state index contributed by atoms with van der Waals surface area (Å²) in [5, 5.41) is 32.0. The van der Waals surface area contributed by atoms with E-state index in [2.05, 4.69) is 34.1 Å². The summed E-state index contributed by atoms with van der Waals surface area (Å²) in [6.45, 7) is 2.19. The number of methoxy groups -OCH3 is 1. The highest BCUT2D eigenvalue weighted by Crippen LogP contribution is 2.40. The van der Waals surface area contributed by atoms with Gasteiger partial charge in [0.1, 0.15) is 5.75 Å². The van der Waals surface area contributed by atoms with Gasteiger partial charge in [-0.05, 0) is 87.5 Å². The van der Waals surface area contributed by atoms with E-state index in [1.807, 2.05) is 12.1 Å². The molecule has 1 aromatic heterocycles. The van der Waals surface area contributed by atoms with Crippen LogP contribution in [0.4, 0.5) is 0 Å². The zero-order valence-electron chi connectivity index (χ0n) is 20.9. The number of benzene rings is 2. The Bertz CT molecular complexity index is 1150. The van der Waals surface area contributed by atoms with E-state index in [0.717, 1.165) is 32.5 Å². The molecule has 0 unspecified atom stereocenters. The van der Waals surface area contributed by atoms with E-state index >= 15 is 0 Å². The summed E-state index contributed by atoms with van der Waals surface area (Å²) in [6, 6.07) is 15.8. The van der Waals surface area contributed by atoms with Crippen LogP contribution in [-0.2, 0) is 17.8 Å². The number of rotatable bonds is 11. The first kappa shape index (κ1) is 26.1. The van der Waals surface area contributed by atoms with Crippen LogP contribution in [-0.4, -0.2) is 57.9 Å². The van der Waals surface area contributed by atoms with Gasteiger partial charge in [-0.3, -0.25) is 9.78 Å². The molecule has 1 atom stereocenters. The van der Waals surface area contributed by atoms with Gasteiger partial charge in [0.05, 0.1) is 30.8 Å². The minimum absolute atomic E-state index is 0.255. The molecule has 1 saturated heterocycles. The Morgan fingerprint density at radius 3 is 2.58 bits per heavy atom. The first-order valence-electron chi connectivity index (χ1n) is 12.7. The monoisotopic (exact) mass is 492 g/mol. The number of nitrogens with zero attached hydrogens (tertiary/aromatic N) is 2. The fourth-order valence-electron chi connectivity index (χ4n) is 5.36. The predicted octanol–water partition coefficient (Wildman–Crippen LogP) is 4.35. The van der Waals surface area contributed by atoms with E-state index < -0.39 is 17.5 Å². The van der Waals surface area contributed by atoms with Gasteiger partial charge in [-0.1, -0.05) is 30.3 Å². The molecule has 1 fully saturated rings. The number of carboxylic acids is 1. The molecule has 0 amide bonds. The summed E-state index contributed by atoms with van der Waals surface area (Å²) in [7, 11) is 1.57. The van der Waals surface area contributed by atoms with Crippen molar-refractivity contribution in [3.05, 3.63) is 71.4 Å². The number of aliphatic carboxylic acids is 1. The zero-order valence-corrected chi connectivity index (χ0v) is 20.9. The molecule has 192 valence electrons. The molecule has 0 radical (unpaired) electrons. The highest BCUT2D eigenvalue weighted by molar-refractivity contribution is 5.85. The smallest absolute Gasteiger partial charge is 0.309 e. The zero-order chi connectivity index (χ0) is 25.5. The van der Waals surface area contributed by atoms with Gasteiger partial charge in [-0.25, -0.2) is 0 Å². The number of hydrogen-bond acceptors (Lipinski definition) is 6. The predicted molar refractivity (Wildman–Crippen MR) is 139 cm³/mol. The lowest BCUT2D eigenvalue weighted by molar-refractivity contribution is -0.153. The quantitative estimate of drug-likeness (QED) is 0.366. The van der Waals surface area contributed by atoms with E-state index in [0.29, 0.717) is 53.5 Å². The van der Waals surface area contributed by atoms with Crippen LogP contribution < -0.4 is 4.74 Å². The Balaban J connectivity index is 1.40. The first-order chi connectivity index (χ1) is 17.5. The molecule has 0 saturated carbocycles. The number of aromatic nitrogens is 1. The van der Waals surface area contributed by atoms with Crippen LogP contribution in [0, 0.1) is 5.41 Å². The molecule has 0 bridgehead atoms. The number of hydrogen-bond donors (Lipinski definition) is 3. The number of pyridine rings is 1. The number of carboxylic acid groups (broad SMARTS) is 1. The van der Waals surface area contributed by atoms with Crippen molar-refractivity contribution < 1.29 is 24.9 Å². The van der Waals surface area contributed by atoms with Crippen LogP contribution in [0.1, 0.15) is 54.9 Å². The number of aliphatic hydroxyl groups is 2. The van der Waals surface area contributed by atoms with Crippen LogP contribution in [0.2, 0.25) is 0 Å². The molecule has 7 heteroatoms. The van der Waals surface area contributed by atoms with Gasteiger partial charge in [-0.15, -0.1) is 0 Å². The van der Waals surface area contributed by atoms with Crippen LogP contribution in [0.3, 0.4) is 0 Å². The Morgan fingerprint density at radius 1 is 1.17 bits per heavy atom. The normalized spacial score (nSPS) is 16.6. The van der Waals surface area contributed by atoms with Crippen LogP contribution in [0.25, 0.3) is 10.9 Å². The third-order valence-electron chi connectivity index (χ3n) is 7.65. The van der Waals surface area contributed by atoms with E-state index in [1.165, 1.54) is 5.56 Å². The maximum Gasteiger partial charge on any atom is 0.309 e. The minimum Gasteiger partial charge on any atom is -0.497 e. The minimum atomic E-state index is -0.912. The Morgan fingerprint density at radius 2 is 1.92 bits per heavy atom. The third-order valence-corrected chi connectivity index (χ3v) is 7.65. The number of aliphatic hydroxyl groups excluding tert-OH is 2. The van der Waals surface area contributed by atoms with Gasteiger partial charge in [-0.2, -0.15) is 0 Å². The Hall–Kier alpha value is -3.00. The molecule has 1 aliphatic heterocycles. The lowest BCUT2D eigenvalue weighted by Gasteiger charge is -2.39. The number of ether oxygens (including phenoxy) is 1. The molecular formula is C29H36N2O5. The van der Waals surface area contributed by atoms with Crippen molar-refractivity contribution >= 4 is 16.9 Å². The number of likely N-dealkylation sites (tertiary alicyclic amines) is 1. The molecule has 4 rings (SSSR count). The van der Waals surface area contributed by atoms with Gasteiger partial charge >= 0.3 is 5.97 Å². The first-order valence-corrected chi connectivity index (χ1v) is 12.7. The van der Waals surface area contributed by atoms with E-state index in [-0.39, 0.29) is 6.61 Å². The maximum absolute atomic E-state index is 12.4. The van der Waals surface area contributed by atoms with Crippen molar-refractivity contribution in [2.24, 2.45) is 5.41 Å². The molecule has 0 aliphatic carbocycles. The summed E-state index contributed by atoms with van der Waals surface area (Å²) in [6.07, 6.45) is 4.54. The molecule has 36 heavy (non-hydrogen) atoms.